The van der Waals surface area contributed by atoms with Crippen LogP contribution in [0.1, 0.15) is 11.4 Å². The van der Waals surface area contributed by atoms with E-state index < -0.39 is 0 Å². The number of benzene rings is 2. The van der Waals surface area contributed by atoms with Crippen molar-refractivity contribution in [3.8, 4) is 0 Å². The maximum absolute atomic E-state index is 13.2. The van der Waals surface area contributed by atoms with Gasteiger partial charge in [0.2, 0.25) is 0 Å². The predicted octanol–water partition coefficient (Wildman–Crippen LogP) is 3.68. The number of nitrogens with one attached hydrogen (secondary N) is 1. The van der Waals surface area contributed by atoms with Crippen LogP contribution < -0.4 is 5.32 Å². The molecule has 1 heterocycles. The van der Waals surface area contributed by atoms with Crippen LogP contribution in [0.15, 0.2) is 42.5 Å². The Morgan fingerprint density at radius 1 is 1.14 bits per heavy atom. The van der Waals surface area contributed by atoms with Gasteiger partial charge in [0, 0.05) is 31.8 Å². The van der Waals surface area contributed by atoms with Crippen molar-refractivity contribution >= 4 is 16.7 Å². The van der Waals surface area contributed by atoms with E-state index in [-0.39, 0.29) is 5.82 Å². The topological polar surface area (TPSA) is 29.9 Å². The van der Waals surface area contributed by atoms with Crippen LogP contribution in [0, 0.1) is 12.7 Å². The zero-order valence-electron chi connectivity index (χ0n) is 12.2. The third-order valence-corrected chi connectivity index (χ3v) is 3.66. The molecule has 0 unspecified atom stereocenters. The van der Waals surface area contributed by atoms with E-state index in [1.54, 1.807) is 6.07 Å². The van der Waals surface area contributed by atoms with Gasteiger partial charge in [-0.1, -0.05) is 17.7 Å². The molecule has 0 saturated carbocycles. The highest BCUT2D eigenvalue weighted by molar-refractivity contribution is 5.75. The van der Waals surface area contributed by atoms with E-state index in [2.05, 4.69) is 41.5 Å². The molecular formula is C17H18FN3. The lowest BCUT2D eigenvalue weighted by Crippen LogP contribution is -2.08. The highest BCUT2D eigenvalue weighted by Crippen LogP contribution is 2.16. The van der Waals surface area contributed by atoms with Crippen LogP contribution in [-0.2, 0) is 13.5 Å². The van der Waals surface area contributed by atoms with Gasteiger partial charge in [-0.05, 0) is 31.2 Å². The summed E-state index contributed by atoms with van der Waals surface area (Å²) in [4.78, 5) is 4.50. The van der Waals surface area contributed by atoms with Crippen LogP contribution in [0.25, 0.3) is 11.0 Å². The lowest BCUT2D eigenvalue weighted by atomic mass is 10.2. The summed E-state index contributed by atoms with van der Waals surface area (Å²) in [7, 11) is 1.97. The molecule has 108 valence electrons. The fourth-order valence-corrected chi connectivity index (χ4v) is 2.44. The molecule has 0 aliphatic carbocycles. The van der Waals surface area contributed by atoms with E-state index in [1.165, 1.54) is 17.7 Å². The standard InChI is InChI=1S/C17H18FN3/c1-12-3-6-14(7-4-12)19-10-9-17-20-15-11-13(18)5-8-16(15)21(17)2/h3-8,11,19H,9-10H2,1-2H3. The van der Waals surface area contributed by atoms with Crippen molar-refractivity contribution in [2.75, 3.05) is 11.9 Å². The minimum Gasteiger partial charge on any atom is -0.385 e. The summed E-state index contributed by atoms with van der Waals surface area (Å²) in [5.74, 6) is 0.708. The second-order valence-corrected chi connectivity index (χ2v) is 5.26. The van der Waals surface area contributed by atoms with Crippen molar-refractivity contribution in [1.29, 1.82) is 0 Å². The van der Waals surface area contributed by atoms with Crippen LogP contribution in [0.3, 0.4) is 0 Å². The third kappa shape index (κ3) is 2.89. The fourth-order valence-electron chi connectivity index (χ4n) is 2.44. The van der Waals surface area contributed by atoms with Gasteiger partial charge in [0.15, 0.2) is 0 Å². The number of aromatic nitrogens is 2. The first-order valence-electron chi connectivity index (χ1n) is 7.05. The Morgan fingerprint density at radius 2 is 1.90 bits per heavy atom. The van der Waals surface area contributed by atoms with Crippen LogP contribution >= 0.6 is 0 Å². The van der Waals surface area contributed by atoms with Crippen LogP contribution in [0.2, 0.25) is 0 Å². The van der Waals surface area contributed by atoms with Gasteiger partial charge in [-0.15, -0.1) is 0 Å². The largest absolute Gasteiger partial charge is 0.385 e. The molecule has 4 heteroatoms. The van der Waals surface area contributed by atoms with Gasteiger partial charge >= 0.3 is 0 Å². The molecule has 0 radical (unpaired) electrons. The first-order valence-corrected chi connectivity index (χ1v) is 7.05. The van der Waals surface area contributed by atoms with Gasteiger partial charge in [-0.2, -0.15) is 0 Å². The summed E-state index contributed by atoms with van der Waals surface area (Å²) in [6, 6.07) is 13.0. The van der Waals surface area contributed by atoms with Crippen LogP contribution in [-0.4, -0.2) is 16.1 Å². The Labute approximate surface area is 123 Å². The lowest BCUT2D eigenvalue weighted by Gasteiger charge is -2.07. The highest BCUT2D eigenvalue weighted by Gasteiger charge is 2.08. The highest BCUT2D eigenvalue weighted by atomic mass is 19.1. The van der Waals surface area contributed by atoms with Crippen molar-refractivity contribution < 1.29 is 4.39 Å². The Hall–Kier alpha value is -2.36. The van der Waals surface area contributed by atoms with Crippen molar-refractivity contribution in [1.82, 2.24) is 9.55 Å². The summed E-state index contributed by atoms with van der Waals surface area (Å²) in [5.41, 5.74) is 4.02. The summed E-state index contributed by atoms with van der Waals surface area (Å²) >= 11 is 0. The SMILES string of the molecule is Cc1ccc(NCCc2nc3cc(F)ccc3n2C)cc1. The number of fused-ring (bicyclic) bond motifs is 1. The fraction of sp³-hybridized carbons (Fsp3) is 0.235. The predicted molar refractivity (Wildman–Crippen MR) is 84.0 cm³/mol. The molecule has 0 atom stereocenters. The van der Waals surface area contributed by atoms with E-state index in [1.807, 2.05) is 11.6 Å². The van der Waals surface area contributed by atoms with Gasteiger partial charge in [0.05, 0.1) is 11.0 Å². The minimum absolute atomic E-state index is 0.245. The molecule has 1 N–H and O–H groups in total. The molecule has 1 aromatic heterocycles. The van der Waals surface area contributed by atoms with E-state index in [0.717, 1.165) is 30.0 Å². The maximum Gasteiger partial charge on any atom is 0.125 e. The van der Waals surface area contributed by atoms with E-state index in [9.17, 15) is 4.39 Å². The van der Waals surface area contributed by atoms with Crippen LogP contribution in [0.5, 0.6) is 0 Å². The van der Waals surface area contributed by atoms with Gasteiger partial charge in [-0.3, -0.25) is 0 Å². The second kappa shape index (κ2) is 5.56. The number of aryl methyl sites for hydroxylation is 2. The molecular weight excluding hydrogens is 265 g/mol. The third-order valence-electron chi connectivity index (χ3n) is 3.66. The number of hydrogen-bond acceptors (Lipinski definition) is 2. The average Bonchev–Trinajstić information content (AvgIpc) is 2.77. The quantitative estimate of drug-likeness (QED) is 0.791. The summed E-state index contributed by atoms with van der Waals surface area (Å²) in [5, 5.41) is 3.38. The van der Waals surface area contributed by atoms with Gasteiger partial charge in [-0.25, -0.2) is 9.37 Å². The van der Waals surface area contributed by atoms with Gasteiger partial charge in [0.1, 0.15) is 11.6 Å². The molecule has 0 aliphatic heterocycles. The molecule has 2 aromatic carbocycles. The molecule has 3 rings (SSSR count). The smallest absolute Gasteiger partial charge is 0.125 e. The zero-order valence-corrected chi connectivity index (χ0v) is 12.2. The Balaban J connectivity index is 1.70. The zero-order chi connectivity index (χ0) is 14.8. The molecule has 0 bridgehead atoms. The Bertz CT molecular complexity index is 760. The van der Waals surface area contributed by atoms with Crippen LogP contribution in [0.4, 0.5) is 10.1 Å². The summed E-state index contributed by atoms with van der Waals surface area (Å²) in [6.07, 6.45) is 0.792. The molecule has 0 aliphatic rings. The Morgan fingerprint density at radius 3 is 2.67 bits per heavy atom. The molecule has 0 spiro atoms. The van der Waals surface area contributed by atoms with Crippen molar-refractivity contribution in [3.05, 3.63) is 59.7 Å². The summed E-state index contributed by atoms with van der Waals surface area (Å²) in [6.45, 7) is 2.87. The second-order valence-electron chi connectivity index (χ2n) is 5.26. The minimum atomic E-state index is -0.245. The number of nitrogens with zero attached hydrogens (tertiary/aromatic N) is 2. The number of imidazole rings is 1. The normalized spacial score (nSPS) is 11.0. The molecule has 0 saturated heterocycles. The average molecular weight is 283 g/mol. The first kappa shape index (κ1) is 13.6. The van der Waals surface area contributed by atoms with Gasteiger partial charge < -0.3 is 9.88 Å². The number of anilines is 1. The number of halogens is 1. The molecule has 3 nitrogen and oxygen atoms in total. The van der Waals surface area contributed by atoms with Crippen molar-refractivity contribution in [3.63, 3.8) is 0 Å². The van der Waals surface area contributed by atoms with E-state index in [4.69, 9.17) is 0 Å². The van der Waals surface area contributed by atoms with Crippen molar-refractivity contribution in [2.24, 2.45) is 7.05 Å². The van der Waals surface area contributed by atoms with E-state index in [0.29, 0.717) is 5.52 Å². The number of hydrogen-bond donors (Lipinski definition) is 1. The maximum atomic E-state index is 13.2. The lowest BCUT2D eigenvalue weighted by molar-refractivity contribution is 0.629. The molecule has 0 amide bonds. The molecule has 21 heavy (non-hydrogen) atoms. The van der Waals surface area contributed by atoms with E-state index >= 15 is 0 Å². The Kier molecular flexibility index (Phi) is 3.60. The summed E-state index contributed by atoms with van der Waals surface area (Å²) < 4.78 is 15.2. The first-order chi connectivity index (χ1) is 10.1. The van der Waals surface area contributed by atoms with Gasteiger partial charge in [0.25, 0.3) is 0 Å². The van der Waals surface area contributed by atoms with Crippen molar-refractivity contribution in [2.45, 2.75) is 13.3 Å². The number of rotatable bonds is 4. The molecule has 0 fully saturated rings. The monoisotopic (exact) mass is 283 g/mol. The molecule has 3 aromatic rings.